The molecule has 9 nitrogen and oxygen atoms in total. The Morgan fingerprint density at radius 1 is 0.967 bits per heavy atom. The van der Waals surface area contributed by atoms with Gasteiger partial charge in [0.25, 0.3) is 5.91 Å². The Hall–Kier alpha value is -3.75. The predicted octanol–water partition coefficient (Wildman–Crippen LogP) is 3.04. The van der Waals surface area contributed by atoms with Crippen molar-refractivity contribution in [2.24, 2.45) is 0 Å². The molecule has 2 aromatic carbocycles. The highest BCUT2D eigenvalue weighted by atomic mass is 16.5. The molecule has 0 N–H and O–H groups in total. The lowest BCUT2D eigenvalue weighted by molar-refractivity contribution is 0.0765. The van der Waals surface area contributed by atoms with Gasteiger partial charge in [0.15, 0.2) is 23.0 Å². The molecule has 1 amide bonds. The predicted molar refractivity (Wildman–Crippen MR) is 108 cm³/mol. The van der Waals surface area contributed by atoms with E-state index in [0.29, 0.717) is 39.9 Å². The maximum atomic E-state index is 12.9. The molecule has 0 aliphatic rings. The van der Waals surface area contributed by atoms with Crippen LogP contribution in [0.25, 0.3) is 11.4 Å². The van der Waals surface area contributed by atoms with E-state index >= 15 is 0 Å². The van der Waals surface area contributed by atoms with Gasteiger partial charge in [-0.2, -0.15) is 4.98 Å². The smallest absolute Gasteiger partial charge is 0.257 e. The molecule has 0 aliphatic heterocycles. The van der Waals surface area contributed by atoms with Gasteiger partial charge < -0.3 is 28.4 Å². The van der Waals surface area contributed by atoms with E-state index in [1.54, 1.807) is 57.7 Å². The quantitative estimate of drug-likeness (QED) is 0.556. The molecule has 9 heteroatoms. The van der Waals surface area contributed by atoms with Gasteiger partial charge in [-0.05, 0) is 30.3 Å². The van der Waals surface area contributed by atoms with E-state index in [2.05, 4.69) is 10.1 Å². The number of amides is 1. The fourth-order valence-corrected chi connectivity index (χ4v) is 2.95. The normalized spacial score (nSPS) is 10.4. The number of benzene rings is 2. The van der Waals surface area contributed by atoms with Crippen LogP contribution in [-0.2, 0) is 6.54 Å². The van der Waals surface area contributed by atoms with E-state index in [1.807, 2.05) is 0 Å². The number of nitrogens with zero attached hydrogens (tertiary/aromatic N) is 3. The molecular formula is C21H23N3O6. The number of hydrogen-bond donors (Lipinski definition) is 0. The Balaban J connectivity index is 1.79. The Bertz CT molecular complexity index is 1030. The third kappa shape index (κ3) is 4.14. The van der Waals surface area contributed by atoms with Gasteiger partial charge in [-0.15, -0.1) is 0 Å². The van der Waals surface area contributed by atoms with Crippen molar-refractivity contribution in [2.45, 2.75) is 6.54 Å². The number of para-hydroxylation sites is 1. The summed E-state index contributed by atoms with van der Waals surface area (Å²) in [6, 6.07) is 10.4. The van der Waals surface area contributed by atoms with Crippen LogP contribution in [0.3, 0.4) is 0 Å². The first-order chi connectivity index (χ1) is 14.5. The Morgan fingerprint density at radius 3 is 2.37 bits per heavy atom. The Morgan fingerprint density at radius 2 is 1.70 bits per heavy atom. The van der Waals surface area contributed by atoms with Gasteiger partial charge in [-0.3, -0.25) is 4.79 Å². The monoisotopic (exact) mass is 413 g/mol. The van der Waals surface area contributed by atoms with Crippen molar-refractivity contribution in [3.63, 3.8) is 0 Å². The second-order valence-electron chi connectivity index (χ2n) is 6.28. The molecule has 0 atom stereocenters. The standard InChI is InChI=1S/C21H23N3O6/c1-24(21(25)14-7-6-8-16(27-3)19(14)29-5)12-18-22-20(23-30-18)13-9-10-15(26-2)17(11-13)28-4/h6-11H,12H2,1-5H3. The average molecular weight is 413 g/mol. The first-order valence-electron chi connectivity index (χ1n) is 9.03. The number of rotatable bonds is 8. The van der Waals surface area contributed by atoms with Gasteiger partial charge in [-0.1, -0.05) is 11.2 Å². The van der Waals surface area contributed by atoms with Gasteiger partial charge in [0.05, 0.1) is 34.0 Å². The molecule has 1 heterocycles. The summed E-state index contributed by atoms with van der Waals surface area (Å²) in [6.07, 6.45) is 0. The fraction of sp³-hybridized carbons (Fsp3) is 0.286. The second kappa shape index (κ2) is 9.17. The lowest BCUT2D eigenvalue weighted by Gasteiger charge is -2.18. The van der Waals surface area contributed by atoms with Crippen LogP contribution in [0.15, 0.2) is 40.9 Å². The van der Waals surface area contributed by atoms with E-state index in [9.17, 15) is 4.79 Å². The molecule has 30 heavy (non-hydrogen) atoms. The van der Waals surface area contributed by atoms with Crippen LogP contribution in [0.4, 0.5) is 0 Å². The van der Waals surface area contributed by atoms with Crippen LogP contribution in [0.2, 0.25) is 0 Å². The minimum Gasteiger partial charge on any atom is -0.493 e. The molecule has 1 aromatic heterocycles. The zero-order valence-electron chi connectivity index (χ0n) is 17.5. The topological polar surface area (TPSA) is 96.2 Å². The van der Waals surface area contributed by atoms with Crippen LogP contribution < -0.4 is 18.9 Å². The number of methoxy groups -OCH3 is 4. The molecule has 0 aliphatic carbocycles. The van der Waals surface area contributed by atoms with Crippen molar-refractivity contribution in [1.29, 1.82) is 0 Å². The SMILES string of the molecule is COc1ccc(-c2noc(CN(C)C(=O)c3cccc(OC)c3OC)n2)cc1OC. The summed E-state index contributed by atoms with van der Waals surface area (Å²) in [5.74, 6) is 2.40. The number of aromatic nitrogens is 2. The molecule has 3 aromatic rings. The molecular weight excluding hydrogens is 390 g/mol. The number of ether oxygens (including phenoxy) is 4. The van der Waals surface area contributed by atoms with Crippen LogP contribution in [0.1, 0.15) is 16.2 Å². The average Bonchev–Trinajstić information content (AvgIpc) is 3.25. The zero-order chi connectivity index (χ0) is 21.7. The van der Waals surface area contributed by atoms with Crippen molar-refractivity contribution < 1.29 is 28.3 Å². The molecule has 0 spiro atoms. The number of carbonyl (C=O) groups excluding carboxylic acids is 1. The zero-order valence-corrected chi connectivity index (χ0v) is 17.5. The first kappa shape index (κ1) is 21.0. The first-order valence-corrected chi connectivity index (χ1v) is 9.03. The van der Waals surface area contributed by atoms with Gasteiger partial charge in [0.2, 0.25) is 11.7 Å². The highest BCUT2D eigenvalue weighted by Gasteiger charge is 2.22. The molecule has 0 fully saturated rings. The van der Waals surface area contributed by atoms with Crippen LogP contribution in [0, 0.1) is 0 Å². The van der Waals surface area contributed by atoms with Crippen LogP contribution in [0.5, 0.6) is 23.0 Å². The lowest BCUT2D eigenvalue weighted by atomic mass is 10.1. The van der Waals surface area contributed by atoms with Gasteiger partial charge in [0.1, 0.15) is 6.54 Å². The van der Waals surface area contributed by atoms with Crippen molar-refractivity contribution in [3.05, 3.63) is 47.9 Å². The minimum absolute atomic E-state index is 0.124. The van der Waals surface area contributed by atoms with Gasteiger partial charge in [0, 0.05) is 12.6 Å². The van der Waals surface area contributed by atoms with Crippen LogP contribution in [-0.4, -0.2) is 56.4 Å². The largest absolute Gasteiger partial charge is 0.493 e. The van der Waals surface area contributed by atoms with E-state index in [-0.39, 0.29) is 18.3 Å². The fourth-order valence-electron chi connectivity index (χ4n) is 2.95. The Labute approximate surface area is 174 Å². The molecule has 0 bridgehead atoms. The molecule has 3 rings (SSSR count). The summed E-state index contributed by atoms with van der Waals surface area (Å²) < 4.78 is 26.5. The van der Waals surface area contributed by atoms with Gasteiger partial charge in [-0.25, -0.2) is 0 Å². The molecule has 0 saturated carbocycles. The summed E-state index contributed by atoms with van der Waals surface area (Å²) in [5, 5.41) is 4.00. The Kier molecular flexibility index (Phi) is 6.41. The van der Waals surface area contributed by atoms with Crippen LogP contribution >= 0.6 is 0 Å². The maximum absolute atomic E-state index is 12.9. The highest BCUT2D eigenvalue weighted by molar-refractivity contribution is 5.97. The summed E-state index contributed by atoms with van der Waals surface area (Å²) in [7, 11) is 7.76. The van der Waals surface area contributed by atoms with E-state index in [0.717, 1.165) is 0 Å². The lowest BCUT2D eigenvalue weighted by Crippen LogP contribution is -2.26. The third-order valence-electron chi connectivity index (χ3n) is 4.46. The molecule has 0 radical (unpaired) electrons. The minimum atomic E-state index is -0.267. The maximum Gasteiger partial charge on any atom is 0.257 e. The number of hydrogen-bond acceptors (Lipinski definition) is 8. The van der Waals surface area contributed by atoms with Crippen molar-refractivity contribution in [3.8, 4) is 34.4 Å². The summed E-state index contributed by atoms with van der Waals surface area (Å²) >= 11 is 0. The molecule has 0 saturated heterocycles. The van der Waals surface area contributed by atoms with Crippen molar-refractivity contribution in [1.82, 2.24) is 15.0 Å². The highest BCUT2D eigenvalue weighted by Crippen LogP contribution is 2.32. The molecule has 0 unspecified atom stereocenters. The van der Waals surface area contributed by atoms with E-state index in [1.165, 1.54) is 19.1 Å². The summed E-state index contributed by atoms with van der Waals surface area (Å²) in [5.41, 5.74) is 1.07. The number of carbonyl (C=O) groups is 1. The third-order valence-corrected chi connectivity index (χ3v) is 4.46. The van der Waals surface area contributed by atoms with Crippen molar-refractivity contribution >= 4 is 5.91 Å². The molecule has 158 valence electrons. The van der Waals surface area contributed by atoms with Gasteiger partial charge >= 0.3 is 0 Å². The van der Waals surface area contributed by atoms with E-state index < -0.39 is 0 Å². The summed E-state index contributed by atoms with van der Waals surface area (Å²) in [6.45, 7) is 0.124. The van der Waals surface area contributed by atoms with E-state index in [4.69, 9.17) is 23.5 Å². The second-order valence-corrected chi connectivity index (χ2v) is 6.28. The summed E-state index contributed by atoms with van der Waals surface area (Å²) in [4.78, 5) is 18.7. The van der Waals surface area contributed by atoms with Crippen molar-refractivity contribution in [2.75, 3.05) is 35.5 Å².